The van der Waals surface area contributed by atoms with Gasteiger partial charge < -0.3 is 4.90 Å². The van der Waals surface area contributed by atoms with E-state index in [-0.39, 0.29) is 0 Å². The predicted molar refractivity (Wildman–Crippen MR) is 57.8 cm³/mol. The van der Waals surface area contributed by atoms with Crippen molar-refractivity contribution in [1.82, 2.24) is 4.98 Å². The Bertz CT molecular complexity index is 287. The Labute approximate surface area is 87.5 Å². The summed E-state index contributed by atoms with van der Waals surface area (Å²) in [4.78, 5) is 6.69. The molecule has 1 atom stereocenters. The number of aromatic nitrogens is 1. The maximum absolute atomic E-state index is 5.86. The molecule has 0 saturated carbocycles. The van der Waals surface area contributed by atoms with Gasteiger partial charge in [-0.05, 0) is 19.3 Å². The van der Waals surface area contributed by atoms with E-state index in [1.54, 1.807) is 17.5 Å². The molecule has 1 aliphatic rings. The van der Waals surface area contributed by atoms with E-state index in [0.29, 0.717) is 6.04 Å². The van der Waals surface area contributed by atoms with Crippen molar-refractivity contribution in [3.8, 4) is 0 Å². The molecule has 1 saturated heterocycles. The largest absolute Gasteiger partial charge is 0.345 e. The lowest BCUT2D eigenvalue weighted by atomic mass is 10.2. The number of nitrogens with zero attached hydrogens (tertiary/aromatic N) is 2. The van der Waals surface area contributed by atoms with Gasteiger partial charge in [-0.15, -0.1) is 0 Å². The van der Waals surface area contributed by atoms with Crippen LogP contribution in [0.15, 0.2) is 6.20 Å². The van der Waals surface area contributed by atoms with E-state index in [9.17, 15) is 0 Å². The molecule has 0 radical (unpaired) electrons. The third kappa shape index (κ3) is 1.81. The van der Waals surface area contributed by atoms with Crippen molar-refractivity contribution < 1.29 is 0 Å². The second kappa shape index (κ2) is 3.84. The first-order valence-electron chi connectivity index (χ1n) is 4.69. The third-order valence-corrected chi connectivity index (χ3v) is 3.71. The maximum Gasteiger partial charge on any atom is 0.186 e. The average molecular weight is 217 g/mol. The van der Waals surface area contributed by atoms with Crippen LogP contribution in [0, 0.1) is 0 Å². The van der Waals surface area contributed by atoms with Gasteiger partial charge in [0.1, 0.15) is 4.34 Å². The monoisotopic (exact) mass is 216 g/mol. The van der Waals surface area contributed by atoms with Crippen molar-refractivity contribution in [2.24, 2.45) is 0 Å². The van der Waals surface area contributed by atoms with Crippen LogP contribution in [-0.4, -0.2) is 17.6 Å². The van der Waals surface area contributed by atoms with Crippen LogP contribution in [0.2, 0.25) is 4.34 Å². The normalized spacial score (nSPS) is 22.6. The number of halogens is 1. The van der Waals surface area contributed by atoms with Crippen LogP contribution in [0.25, 0.3) is 0 Å². The van der Waals surface area contributed by atoms with Crippen LogP contribution < -0.4 is 4.90 Å². The first-order valence-corrected chi connectivity index (χ1v) is 5.88. The van der Waals surface area contributed by atoms with E-state index >= 15 is 0 Å². The van der Waals surface area contributed by atoms with Crippen LogP contribution in [-0.2, 0) is 0 Å². The molecule has 0 bridgehead atoms. The van der Waals surface area contributed by atoms with Gasteiger partial charge in [0.25, 0.3) is 0 Å². The molecule has 13 heavy (non-hydrogen) atoms. The highest BCUT2D eigenvalue weighted by atomic mass is 35.5. The summed E-state index contributed by atoms with van der Waals surface area (Å²) in [5.74, 6) is 0. The minimum absolute atomic E-state index is 0.683. The summed E-state index contributed by atoms with van der Waals surface area (Å²) in [6.45, 7) is 3.38. The van der Waals surface area contributed by atoms with Gasteiger partial charge in [0.05, 0.1) is 6.20 Å². The number of hydrogen-bond donors (Lipinski definition) is 0. The Morgan fingerprint density at radius 2 is 2.62 bits per heavy atom. The molecule has 0 spiro atoms. The van der Waals surface area contributed by atoms with Crippen molar-refractivity contribution in [3.63, 3.8) is 0 Å². The molecule has 1 aromatic rings. The Morgan fingerprint density at radius 3 is 3.23 bits per heavy atom. The van der Waals surface area contributed by atoms with Gasteiger partial charge in [0.15, 0.2) is 5.13 Å². The van der Waals surface area contributed by atoms with E-state index in [4.69, 9.17) is 11.6 Å². The molecule has 72 valence electrons. The van der Waals surface area contributed by atoms with Crippen molar-refractivity contribution >= 4 is 28.1 Å². The van der Waals surface area contributed by atoms with Crippen molar-refractivity contribution in [2.45, 2.75) is 32.2 Å². The molecule has 1 fully saturated rings. The Kier molecular flexibility index (Phi) is 2.74. The SMILES string of the molecule is CCC1CCCN1c1ncc(Cl)s1. The molecule has 4 heteroatoms. The van der Waals surface area contributed by atoms with Gasteiger partial charge in [-0.3, -0.25) is 0 Å². The summed E-state index contributed by atoms with van der Waals surface area (Å²) in [5.41, 5.74) is 0. The van der Waals surface area contributed by atoms with Gasteiger partial charge in [-0.25, -0.2) is 4.98 Å². The number of rotatable bonds is 2. The molecule has 0 aromatic carbocycles. The van der Waals surface area contributed by atoms with Gasteiger partial charge >= 0.3 is 0 Å². The molecule has 1 unspecified atom stereocenters. The fraction of sp³-hybridized carbons (Fsp3) is 0.667. The van der Waals surface area contributed by atoms with Crippen LogP contribution >= 0.6 is 22.9 Å². The van der Waals surface area contributed by atoms with E-state index in [2.05, 4.69) is 16.8 Å². The van der Waals surface area contributed by atoms with Gasteiger partial charge in [-0.1, -0.05) is 29.9 Å². The smallest absolute Gasteiger partial charge is 0.186 e. The molecule has 0 aliphatic carbocycles. The highest BCUT2D eigenvalue weighted by molar-refractivity contribution is 7.19. The summed E-state index contributed by atoms with van der Waals surface area (Å²) in [7, 11) is 0. The fourth-order valence-electron chi connectivity index (χ4n) is 1.89. The standard InChI is InChI=1S/C9H13ClN2S/c1-2-7-4-3-5-12(7)9-11-6-8(10)13-9/h6-7H,2-5H2,1H3. The van der Waals surface area contributed by atoms with Gasteiger partial charge in [-0.2, -0.15) is 0 Å². The molecule has 0 N–H and O–H groups in total. The summed E-state index contributed by atoms with van der Waals surface area (Å²) >= 11 is 7.44. The zero-order chi connectivity index (χ0) is 9.26. The van der Waals surface area contributed by atoms with Gasteiger partial charge in [0.2, 0.25) is 0 Å². The lowest BCUT2D eigenvalue weighted by Gasteiger charge is -2.22. The Morgan fingerprint density at radius 1 is 1.77 bits per heavy atom. The predicted octanol–water partition coefficient (Wildman–Crippen LogP) is 3.18. The second-order valence-corrected chi connectivity index (χ2v) is 4.99. The van der Waals surface area contributed by atoms with Crippen molar-refractivity contribution in [3.05, 3.63) is 10.5 Å². The first-order chi connectivity index (χ1) is 6.31. The highest BCUT2D eigenvalue weighted by Gasteiger charge is 2.24. The topological polar surface area (TPSA) is 16.1 Å². The molecule has 1 aliphatic heterocycles. The van der Waals surface area contributed by atoms with Gasteiger partial charge in [0, 0.05) is 12.6 Å². The minimum atomic E-state index is 0.683. The lowest BCUT2D eigenvalue weighted by Crippen LogP contribution is -2.28. The van der Waals surface area contributed by atoms with E-state index in [1.807, 2.05) is 0 Å². The molecule has 2 heterocycles. The highest BCUT2D eigenvalue weighted by Crippen LogP contribution is 2.32. The number of thiazole rings is 1. The van der Waals surface area contributed by atoms with E-state index in [0.717, 1.165) is 16.0 Å². The van der Waals surface area contributed by atoms with Crippen LogP contribution in [0.4, 0.5) is 5.13 Å². The van der Waals surface area contributed by atoms with Crippen LogP contribution in [0.3, 0.4) is 0 Å². The second-order valence-electron chi connectivity index (χ2n) is 3.34. The number of hydrogen-bond acceptors (Lipinski definition) is 3. The Balaban J connectivity index is 2.15. The molecular weight excluding hydrogens is 204 g/mol. The molecular formula is C9H13ClN2S. The van der Waals surface area contributed by atoms with Crippen LogP contribution in [0.1, 0.15) is 26.2 Å². The maximum atomic E-state index is 5.86. The molecule has 2 nitrogen and oxygen atoms in total. The molecule has 1 aromatic heterocycles. The molecule has 0 amide bonds. The quantitative estimate of drug-likeness (QED) is 0.755. The third-order valence-electron chi connectivity index (χ3n) is 2.56. The summed E-state index contributed by atoms with van der Waals surface area (Å²) in [5, 5.41) is 1.09. The first kappa shape index (κ1) is 9.28. The summed E-state index contributed by atoms with van der Waals surface area (Å²) < 4.78 is 0.789. The van der Waals surface area contributed by atoms with Crippen LogP contribution in [0.5, 0.6) is 0 Å². The summed E-state index contributed by atoms with van der Waals surface area (Å²) in [6.07, 6.45) is 5.53. The van der Waals surface area contributed by atoms with Crippen molar-refractivity contribution in [1.29, 1.82) is 0 Å². The fourth-order valence-corrected chi connectivity index (χ4v) is 2.89. The minimum Gasteiger partial charge on any atom is -0.345 e. The zero-order valence-corrected chi connectivity index (χ0v) is 9.24. The lowest BCUT2D eigenvalue weighted by molar-refractivity contribution is 0.644. The Hall–Kier alpha value is -0.280. The zero-order valence-electron chi connectivity index (χ0n) is 7.66. The summed E-state index contributed by atoms with van der Waals surface area (Å²) in [6, 6.07) is 0.683. The van der Waals surface area contributed by atoms with E-state index < -0.39 is 0 Å². The average Bonchev–Trinajstić information content (AvgIpc) is 2.71. The molecule has 2 rings (SSSR count). The number of anilines is 1. The van der Waals surface area contributed by atoms with E-state index in [1.165, 1.54) is 19.3 Å². The van der Waals surface area contributed by atoms with Crippen molar-refractivity contribution in [2.75, 3.05) is 11.4 Å².